The van der Waals surface area contributed by atoms with E-state index in [1.54, 1.807) is 0 Å². The fraction of sp³-hybridized carbons (Fsp3) is 0.933. The second kappa shape index (κ2) is 7.78. The zero-order valence-electron chi connectivity index (χ0n) is 12.1. The molecule has 0 bridgehead atoms. The minimum Gasteiger partial charge on any atom is -0.353 e. The molecule has 1 saturated carbocycles. The van der Waals surface area contributed by atoms with Gasteiger partial charge in [0.15, 0.2) is 0 Å². The molecule has 0 aromatic heterocycles. The van der Waals surface area contributed by atoms with E-state index in [-0.39, 0.29) is 11.3 Å². The third kappa shape index (κ3) is 4.60. The number of rotatable bonds is 7. The Kier molecular flexibility index (Phi) is 6.69. The second-order valence-electron chi connectivity index (χ2n) is 5.90. The van der Waals surface area contributed by atoms with E-state index in [1.807, 2.05) is 0 Å². The Labute approximate surface area is 112 Å². The first kappa shape index (κ1) is 15.5. The van der Waals surface area contributed by atoms with Crippen LogP contribution in [0.5, 0.6) is 0 Å². The molecule has 0 heterocycles. The summed E-state index contributed by atoms with van der Waals surface area (Å²) in [6.45, 7) is 4.96. The highest BCUT2D eigenvalue weighted by Gasteiger charge is 2.33. The predicted molar refractivity (Wildman–Crippen MR) is 76.3 cm³/mol. The van der Waals surface area contributed by atoms with Crippen LogP contribution in [-0.2, 0) is 4.79 Å². The summed E-state index contributed by atoms with van der Waals surface area (Å²) in [6, 6.07) is 0.348. The van der Waals surface area contributed by atoms with Gasteiger partial charge in [-0.2, -0.15) is 0 Å². The summed E-state index contributed by atoms with van der Waals surface area (Å²) in [7, 11) is 0. The van der Waals surface area contributed by atoms with E-state index in [0.717, 1.165) is 32.1 Å². The zero-order chi connectivity index (χ0) is 13.4. The summed E-state index contributed by atoms with van der Waals surface area (Å²) in [4.78, 5) is 12.2. The highest BCUT2D eigenvalue weighted by Crippen LogP contribution is 2.38. The van der Waals surface area contributed by atoms with Crippen LogP contribution in [0.3, 0.4) is 0 Å². The van der Waals surface area contributed by atoms with Crippen molar-refractivity contribution in [1.82, 2.24) is 5.32 Å². The molecule has 1 atom stereocenters. The Morgan fingerprint density at radius 3 is 2.44 bits per heavy atom. The standard InChI is InChI=1S/C15H30N2O/c1-3-8-13(4-2)17-14(18)11-15(12-16)9-6-5-7-10-15/h13H,3-12,16H2,1-2H3,(H,17,18). The quantitative estimate of drug-likeness (QED) is 0.734. The maximum absolute atomic E-state index is 12.2. The smallest absolute Gasteiger partial charge is 0.220 e. The highest BCUT2D eigenvalue weighted by atomic mass is 16.1. The van der Waals surface area contributed by atoms with E-state index in [0.29, 0.717) is 19.0 Å². The molecule has 0 aliphatic heterocycles. The Hall–Kier alpha value is -0.570. The summed E-state index contributed by atoms with van der Waals surface area (Å²) in [6.07, 6.45) is 9.88. The summed E-state index contributed by atoms with van der Waals surface area (Å²) in [5, 5.41) is 3.18. The topological polar surface area (TPSA) is 55.1 Å². The zero-order valence-corrected chi connectivity index (χ0v) is 12.1. The van der Waals surface area contributed by atoms with Crippen molar-refractivity contribution in [3.8, 4) is 0 Å². The second-order valence-corrected chi connectivity index (χ2v) is 5.90. The molecule has 3 heteroatoms. The van der Waals surface area contributed by atoms with Gasteiger partial charge in [0.05, 0.1) is 0 Å². The van der Waals surface area contributed by atoms with Crippen LogP contribution in [0.15, 0.2) is 0 Å². The molecule has 1 fully saturated rings. The summed E-state index contributed by atoms with van der Waals surface area (Å²) >= 11 is 0. The molecule has 18 heavy (non-hydrogen) atoms. The molecule has 0 saturated heterocycles. The number of nitrogens with one attached hydrogen (secondary N) is 1. The minimum atomic E-state index is 0.0901. The van der Waals surface area contributed by atoms with Crippen molar-refractivity contribution in [1.29, 1.82) is 0 Å². The lowest BCUT2D eigenvalue weighted by Crippen LogP contribution is -2.41. The Morgan fingerprint density at radius 1 is 1.28 bits per heavy atom. The number of hydrogen-bond acceptors (Lipinski definition) is 2. The first-order valence-corrected chi connectivity index (χ1v) is 7.65. The van der Waals surface area contributed by atoms with Crippen LogP contribution in [0.25, 0.3) is 0 Å². The lowest BCUT2D eigenvalue weighted by molar-refractivity contribution is -0.124. The van der Waals surface area contributed by atoms with Crippen molar-refractivity contribution < 1.29 is 4.79 Å². The highest BCUT2D eigenvalue weighted by molar-refractivity contribution is 5.77. The van der Waals surface area contributed by atoms with E-state index in [4.69, 9.17) is 5.73 Å². The SMILES string of the molecule is CCCC(CC)NC(=O)CC1(CN)CCCCC1. The summed E-state index contributed by atoms with van der Waals surface area (Å²) in [5.41, 5.74) is 6.02. The van der Waals surface area contributed by atoms with E-state index in [2.05, 4.69) is 19.2 Å². The van der Waals surface area contributed by atoms with Crippen molar-refractivity contribution >= 4 is 5.91 Å². The van der Waals surface area contributed by atoms with E-state index in [1.165, 1.54) is 19.3 Å². The Bertz CT molecular complexity index is 247. The fourth-order valence-corrected chi connectivity index (χ4v) is 3.10. The Balaban J connectivity index is 2.45. The first-order chi connectivity index (χ1) is 8.65. The van der Waals surface area contributed by atoms with Gasteiger partial charge in [0.1, 0.15) is 0 Å². The largest absolute Gasteiger partial charge is 0.353 e. The van der Waals surface area contributed by atoms with Crippen LogP contribution in [0.2, 0.25) is 0 Å². The predicted octanol–water partition coefficient (Wildman–Crippen LogP) is 2.98. The van der Waals surface area contributed by atoms with Gasteiger partial charge in [-0.15, -0.1) is 0 Å². The van der Waals surface area contributed by atoms with Crippen molar-refractivity contribution in [2.45, 2.75) is 77.7 Å². The Morgan fingerprint density at radius 2 is 1.94 bits per heavy atom. The fourth-order valence-electron chi connectivity index (χ4n) is 3.10. The number of carbonyl (C=O) groups excluding carboxylic acids is 1. The molecule has 1 unspecified atom stereocenters. The number of amides is 1. The molecule has 3 N–H and O–H groups in total. The molecule has 1 amide bonds. The molecule has 106 valence electrons. The van der Waals surface area contributed by atoms with E-state index < -0.39 is 0 Å². The minimum absolute atomic E-state index is 0.0901. The van der Waals surface area contributed by atoms with Gasteiger partial charge in [-0.3, -0.25) is 4.79 Å². The molecular weight excluding hydrogens is 224 g/mol. The number of hydrogen-bond donors (Lipinski definition) is 2. The van der Waals surface area contributed by atoms with E-state index >= 15 is 0 Å². The van der Waals surface area contributed by atoms with Gasteiger partial charge in [0.2, 0.25) is 5.91 Å². The van der Waals surface area contributed by atoms with Gasteiger partial charge in [0, 0.05) is 12.5 Å². The molecule has 1 rings (SSSR count). The van der Waals surface area contributed by atoms with Crippen LogP contribution >= 0.6 is 0 Å². The molecular formula is C15H30N2O. The van der Waals surface area contributed by atoms with Crippen LogP contribution in [0.1, 0.15) is 71.6 Å². The van der Waals surface area contributed by atoms with Gasteiger partial charge in [-0.05, 0) is 37.6 Å². The third-order valence-electron chi connectivity index (χ3n) is 4.38. The average molecular weight is 254 g/mol. The summed E-state index contributed by atoms with van der Waals surface area (Å²) in [5.74, 6) is 0.211. The van der Waals surface area contributed by atoms with Gasteiger partial charge in [-0.25, -0.2) is 0 Å². The lowest BCUT2D eigenvalue weighted by Gasteiger charge is -2.36. The summed E-state index contributed by atoms with van der Waals surface area (Å²) < 4.78 is 0. The van der Waals surface area contributed by atoms with Crippen LogP contribution < -0.4 is 11.1 Å². The molecule has 3 nitrogen and oxygen atoms in total. The molecule has 0 radical (unpaired) electrons. The molecule has 0 spiro atoms. The third-order valence-corrected chi connectivity index (χ3v) is 4.38. The molecule has 1 aliphatic rings. The maximum Gasteiger partial charge on any atom is 0.220 e. The van der Waals surface area contributed by atoms with Gasteiger partial charge >= 0.3 is 0 Å². The van der Waals surface area contributed by atoms with Crippen molar-refractivity contribution in [2.24, 2.45) is 11.1 Å². The van der Waals surface area contributed by atoms with Gasteiger partial charge < -0.3 is 11.1 Å². The van der Waals surface area contributed by atoms with Crippen LogP contribution in [0.4, 0.5) is 0 Å². The first-order valence-electron chi connectivity index (χ1n) is 7.65. The monoisotopic (exact) mass is 254 g/mol. The average Bonchev–Trinajstić information content (AvgIpc) is 2.39. The molecule has 1 aliphatic carbocycles. The van der Waals surface area contributed by atoms with Crippen LogP contribution in [0, 0.1) is 5.41 Å². The molecule has 0 aromatic rings. The molecule has 0 aromatic carbocycles. The maximum atomic E-state index is 12.2. The van der Waals surface area contributed by atoms with Gasteiger partial charge in [-0.1, -0.05) is 39.5 Å². The van der Waals surface area contributed by atoms with Crippen molar-refractivity contribution in [2.75, 3.05) is 6.54 Å². The van der Waals surface area contributed by atoms with Crippen LogP contribution in [-0.4, -0.2) is 18.5 Å². The number of nitrogens with two attached hydrogens (primary N) is 1. The number of carbonyl (C=O) groups is 1. The van der Waals surface area contributed by atoms with Gasteiger partial charge in [0.25, 0.3) is 0 Å². The van der Waals surface area contributed by atoms with E-state index in [9.17, 15) is 4.79 Å². The van der Waals surface area contributed by atoms with Crippen molar-refractivity contribution in [3.05, 3.63) is 0 Å². The lowest BCUT2D eigenvalue weighted by atomic mass is 9.71. The van der Waals surface area contributed by atoms with Crippen molar-refractivity contribution in [3.63, 3.8) is 0 Å². The normalized spacial score (nSPS) is 20.4.